The smallest absolute Gasteiger partial charge is 0.265 e. The van der Waals surface area contributed by atoms with Crippen molar-refractivity contribution in [3.8, 4) is 5.75 Å². The lowest BCUT2D eigenvalue weighted by Gasteiger charge is -2.34. The van der Waals surface area contributed by atoms with Crippen LogP contribution in [0.3, 0.4) is 0 Å². The van der Waals surface area contributed by atoms with Crippen molar-refractivity contribution in [3.05, 3.63) is 53.1 Å². The van der Waals surface area contributed by atoms with Gasteiger partial charge in [0.1, 0.15) is 5.75 Å². The number of rotatable bonds is 3. The second-order valence-corrected chi connectivity index (χ2v) is 9.86. The summed E-state index contributed by atoms with van der Waals surface area (Å²) >= 11 is 0. The Kier molecular flexibility index (Phi) is 5.49. The summed E-state index contributed by atoms with van der Waals surface area (Å²) in [6.07, 6.45) is -0.627. The monoisotopic (exact) mass is 443 g/mol. The molecule has 2 aliphatic rings. The number of piperazine rings is 1. The molecule has 2 aliphatic heterocycles. The molecule has 0 bridgehead atoms. The largest absolute Gasteiger partial charge is 0.479 e. The second kappa shape index (κ2) is 7.97. The molecule has 1 saturated heterocycles. The summed E-state index contributed by atoms with van der Waals surface area (Å²) in [5.74, 6) is 0.0350. The van der Waals surface area contributed by atoms with Gasteiger partial charge < -0.3 is 15.0 Å². The van der Waals surface area contributed by atoms with Crippen molar-refractivity contribution >= 4 is 27.5 Å². The summed E-state index contributed by atoms with van der Waals surface area (Å²) in [7, 11) is -3.77. The number of ether oxygens (including phenoxy) is 1. The van der Waals surface area contributed by atoms with Gasteiger partial charge in [-0.15, -0.1) is 0 Å². The van der Waals surface area contributed by atoms with Gasteiger partial charge in [-0.3, -0.25) is 9.59 Å². The summed E-state index contributed by atoms with van der Waals surface area (Å²) in [5, 5.41) is 2.67. The Morgan fingerprint density at radius 3 is 2.45 bits per heavy atom. The number of sulfonamides is 1. The molecular weight excluding hydrogens is 418 g/mol. The van der Waals surface area contributed by atoms with Crippen molar-refractivity contribution in [2.75, 3.05) is 31.5 Å². The molecule has 9 heteroatoms. The van der Waals surface area contributed by atoms with E-state index in [1.54, 1.807) is 17.9 Å². The zero-order valence-electron chi connectivity index (χ0n) is 17.7. The van der Waals surface area contributed by atoms with Gasteiger partial charge in [0.2, 0.25) is 10.0 Å². The fourth-order valence-corrected chi connectivity index (χ4v) is 5.30. The van der Waals surface area contributed by atoms with Crippen LogP contribution < -0.4 is 10.1 Å². The van der Waals surface area contributed by atoms with E-state index in [2.05, 4.69) is 5.32 Å². The first-order chi connectivity index (χ1) is 14.7. The second-order valence-electron chi connectivity index (χ2n) is 7.92. The molecule has 31 heavy (non-hydrogen) atoms. The molecule has 2 aromatic carbocycles. The van der Waals surface area contributed by atoms with Crippen LogP contribution in [0.5, 0.6) is 5.75 Å². The van der Waals surface area contributed by atoms with Gasteiger partial charge in [-0.1, -0.05) is 17.7 Å². The zero-order valence-corrected chi connectivity index (χ0v) is 18.5. The van der Waals surface area contributed by atoms with E-state index < -0.39 is 16.1 Å². The van der Waals surface area contributed by atoms with Gasteiger partial charge in [-0.2, -0.15) is 4.31 Å². The molecule has 0 aliphatic carbocycles. The van der Waals surface area contributed by atoms with Gasteiger partial charge in [0.15, 0.2) is 6.10 Å². The number of anilines is 1. The lowest BCUT2D eigenvalue weighted by atomic mass is 10.0. The van der Waals surface area contributed by atoms with Crippen LogP contribution in [0, 0.1) is 13.8 Å². The number of aryl methyl sites for hydroxylation is 2. The predicted octanol–water partition coefficient (Wildman–Crippen LogP) is 2.17. The molecule has 1 N–H and O–H groups in total. The SMILES string of the molecule is Cc1ccc(C(=O)N2CCN(S(=O)(=O)c3ccc4c(c3)NC(=O)[C@H](C)O4)CC2)c(C)c1. The Bertz CT molecular complexity index is 1150. The first kappa shape index (κ1) is 21.3. The van der Waals surface area contributed by atoms with Gasteiger partial charge in [0.25, 0.3) is 11.8 Å². The summed E-state index contributed by atoms with van der Waals surface area (Å²) in [6, 6.07) is 10.1. The number of benzene rings is 2. The maximum absolute atomic E-state index is 13.1. The van der Waals surface area contributed by atoms with Crippen molar-refractivity contribution in [1.82, 2.24) is 9.21 Å². The normalized spacial score (nSPS) is 19.4. The molecular formula is C22H25N3O5S. The van der Waals surface area contributed by atoms with Crippen LogP contribution in [0.4, 0.5) is 5.69 Å². The average Bonchev–Trinajstić information content (AvgIpc) is 2.74. The Morgan fingerprint density at radius 1 is 1.06 bits per heavy atom. The summed E-state index contributed by atoms with van der Waals surface area (Å²) in [4.78, 5) is 26.5. The van der Waals surface area contributed by atoms with Gasteiger partial charge in [0.05, 0.1) is 10.6 Å². The highest BCUT2D eigenvalue weighted by molar-refractivity contribution is 7.89. The molecule has 0 unspecified atom stereocenters. The molecule has 164 valence electrons. The first-order valence-corrected chi connectivity index (χ1v) is 11.6. The number of carbonyl (C=O) groups excluding carboxylic acids is 2. The topological polar surface area (TPSA) is 96.0 Å². The molecule has 1 fully saturated rings. The Balaban J connectivity index is 1.48. The van der Waals surface area contributed by atoms with E-state index >= 15 is 0 Å². The lowest BCUT2D eigenvalue weighted by molar-refractivity contribution is -0.122. The minimum absolute atomic E-state index is 0.0823. The molecule has 4 rings (SSSR count). The van der Waals surface area contributed by atoms with E-state index in [-0.39, 0.29) is 29.8 Å². The molecule has 2 aromatic rings. The van der Waals surface area contributed by atoms with E-state index in [1.165, 1.54) is 16.4 Å². The van der Waals surface area contributed by atoms with Gasteiger partial charge in [-0.25, -0.2) is 8.42 Å². The van der Waals surface area contributed by atoms with Crippen molar-refractivity contribution in [2.24, 2.45) is 0 Å². The van der Waals surface area contributed by atoms with Crippen LogP contribution in [0.15, 0.2) is 41.3 Å². The van der Waals surface area contributed by atoms with E-state index in [1.807, 2.05) is 32.0 Å². The van der Waals surface area contributed by atoms with Crippen LogP contribution in [-0.4, -0.2) is 61.7 Å². The highest BCUT2D eigenvalue weighted by Crippen LogP contribution is 2.33. The number of hydrogen-bond acceptors (Lipinski definition) is 5. The van der Waals surface area contributed by atoms with Crippen LogP contribution in [0.2, 0.25) is 0 Å². The summed E-state index contributed by atoms with van der Waals surface area (Å²) in [5.41, 5.74) is 2.98. The van der Waals surface area contributed by atoms with Crippen LogP contribution in [0.1, 0.15) is 28.4 Å². The minimum atomic E-state index is -3.77. The van der Waals surface area contributed by atoms with E-state index in [4.69, 9.17) is 4.74 Å². The fraction of sp³-hybridized carbons (Fsp3) is 0.364. The van der Waals surface area contributed by atoms with Gasteiger partial charge >= 0.3 is 0 Å². The molecule has 0 spiro atoms. The van der Waals surface area contributed by atoms with Crippen LogP contribution in [-0.2, 0) is 14.8 Å². The average molecular weight is 444 g/mol. The maximum atomic E-state index is 13.1. The number of amides is 2. The summed E-state index contributed by atoms with van der Waals surface area (Å²) < 4.78 is 33.1. The molecule has 0 radical (unpaired) electrons. The molecule has 0 saturated carbocycles. The number of carbonyl (C=O) groups is 2. The van der Waals surface area contributed by atoms with Crippen molar-refractivity contribution in [1.29, 1.82) is 0 Å². The van der Waals surface area contributed by atoms with Crippen molar-refractivity contribution in [3.63, 3.8) is 0 Å². The molecule has 1 atom stereocenters. The third-order valence-corrected chi connectivity index (χ3v) is 7.55. The molecule has 2 heterocycles. The maximum Gasteiger partial charge on any atom is 0.265 e. The fourth-order valence-electron chi connectivity index (χ4n) is 3.85. The minimum Gasteiger partial charge on any atom is -0.479 e. The van der Waals surface area contributed by atoms with Crippen LogP contribution in [0.25, 0.3) is 0 Å². The third-order valence-electron chi connectivity index (χ3n) is 5.66. The van der Waals surface area contributed by atoms with Gasteiger partial charge in [0, 0.05) is 31.7 Å². The highest BCUT2D eigenvalue weighted by Gasteiger charge is 2.32. The zero-order chi connectivity index (χ0) is 22.3. The highest BCUT2D eigenvalue weighted by atomic mass is 32.2. The number of fused-ring (bicyclic) bond motifs is 1. The third kappa shape index (κ3) is 4.03. The van der Waals surface area contributed by atoms with E-state index in [0.717, 1.165) is 11.1 Å². The number of nitrogens with one attached hydrogen (secondary N) is 1. The standard InChI is InChI=1S/C22H25N3O5S/c1-14-4-6-18(15(2)12-14)22(27)24-8-10-25(11-9-24)31(28,29)17-5-7-20-19(13-17)23-21(26)16(3)30-20/h4-7,12-13,16H,8-11H2,1-3H3,(H,23,26)/t16-/m0/s1. The number of hydrogen-bond donors (Lipinski definition) is 1. The molecule has 8 nitrogen and oxygen atoms in total. The Hall–Kier alpha value is -2.91. The van der Waals surface area contributed by atoms with E-state index in [0.29, 0.717) is 30.1 Å². The Morgan fingerprint density at radius 2 is 1.77 bits per heavy atom. The van der Waals surface area contributed by atoms with Crippen LogP contribution >= 0.6 is 0 Å². The number of nitrogens with zero attached hydrogens (tertiary/aromatic N) is 2. The van der Waals surface area contributed by atoms with Gasteiger partial charge in [-0.05, 0) is 50.6 Å². The van der Waals surface area contributed by atoms with E-state index in [9.17, 15) is 18.0 Å². The predicted molar refractivity (Wildman–Crippen MR) is 116 cm³/mol. The van der Waals surface area contributed by atoms with Crippen molar-refractivity contribution < 1.29 is 22.7 Å². The van der Waals surface area contributed by atoms with Crippen molar-refractivity contribution in [2.45, 2.75) is 31.8 Å². The Labute approximate surface area is 181 Å². The lowest BCUT2D eigenvalue weighted by Crippen LogP contribution is -2.50. The molecule has 0 aromatic heterocycles. The molecule has 2 amide bonds. The summed E-state index contributed by atoms with van der Waals surface area (Å²) in [6.45, 7) is 6.54. The first-order valence-electron chi connectivity index (χ1n) is 10.1. The quantitative estimate of drug-likeness (QED) is 0.784.